The fraction of sp³-hybridized carbons (Fsp3) is 0.800. The molecule has 30 heavy (non-hydrogen) atoms. The SMILES string of the molecule is Cc1cc(C(=O)N2CCC(CN3CC(C)OC(C)C3)CC2)c(C)n1C1CCCCC1. The van der Waals surface area contributed by atoms with Gasteiger partial charge in [-0.15, -0.1) is 0 Å². The maximum absolute atomic E-state index is 13.3. The van der Waals surface area contributed by atoms with Crippen molar-refractivity contribution in [1.29, 1.82) is 0 Å². The van der Waals surface area contributed by atoms with E-state index in [0.29, 0.717) is 24.2 Å². The van der Waals surface area contributed by atoms with Gasteiger partial charge in [0.15, 0.2) is 0 Å². The van der Waals surface area contributed by atoms with Gasteiger partial charge in [0.1, 0.15) is 0 Å². The average molecular weight is 416 g/mol. The van der Waals surface area contributed by atoms with Crippen LogP contribution in [0.15, 0.2) is 6.07 Å². The van der Waals surface area contributed by atoms with Gasteiger partial charge < -0.3 is 14.2 Å². The van der Waals surface area contributed by atoms with Crippen LogP contribution in [0.25, 0.3) is 0 Å². The number of carbonyl (C=O) groups excluding carboxylic acids is 1. The van der Waals surface area contributed by atoms with E-state index in [4.69, 9.17) is 4.74 Å². The lowest BCUT2D eigenvalue weighted by Gasteiger charge is -2.39. The second kappa shape index (κ2) is 9.44. The zero-order valence-electron chi connectivity index (χ0n) is 19.5. The predicted octanol–water partition coefficient (Wildman–Crippen LogP) is 4.57. The highest BCUT2D eigenvalue weighted by molar-refractivity contribution is 5.95. The zero-order valence-corrected chi connectivity index (χ0v) is 19.5. The number of aryl methyl sites for hydroxylation is 1. The first-order chi connectivity index (χ1) is 14.4. The van der Waals surface area contributed by atoms with Gasteiger partial charge in [0.2, 0.25) is 0 Å². The molecule has 2 saturated heterocycles. The molecule has 4 rings (SSSR count). The summed E-state index contributed by atoms with van der Waals surface area (Å²) in [6, 6.07) is 2.74. The Hall–Kier alpha value is -1.33. The molecule has 1 amide bonds. The molecule has 1 saturated carbocycles. The fourth-order valence-electron chi connectivity index (χ4n) is 6.18. The van der Waals surface area contributed by atoms with Crippen LogP contribution in [0.4, 0.5) is 0 Å². The minimum absolute atomic E-state index is 0.247. The number of aromatic nitrogens is 1. The third kappa shape index (κ3) is 4.77. The van der Waals surface area contributed by atoms with Crippen LogP contribution < -0.4 is 0 Å². The quantitative estimate of drug-likeness (QED) is 0.723. The first-order valence-corrected chi connectivity index (χ1v) is 12.3. The molecular weight excluding hydrogens is 374 g/mol. The van der Waals surface area contributed by atoms with Gasteiger partial charge in [-0.2, -0.15) is 0 Å². The molecular formula is C25H41N3O2. The number of hydrogen-bond acceptors (Lipinski definition) is 3. The molecule has 0 N–H and O–H groups in total. The maximum Gasteiger partial charge on any atom is 0.255 e. The monoisotopic (exact) mass is 415 g/mol. The van der Waals surface area contributed by atoms with Gasteiger partial charge in [-0.25, -0.2) is 0 Å². The lowest BCUT2D eigenvalue weighted by atomic mass is 9.94. The van der Waals surface area contributed by atoms with Crippen molar-refractivity contribution in [1.82, 2.24) is 14.4 Å². The van der Waals surface area contributed by atoms with Gasteiger partial charge in [-0.1, -0.05) is 19.3 Å². The molecule has 0 aromatic carbocycles. The molecule has 5 nitrogen and oxygen atoms in total. The van der Waals surface area contributed by atoms with E-state index in [9.17, 15) is 4.79 Å². The van der Waals surface area contributed by atoms with Crippen LogP contribution in [0.1, 0.15) is 86.6 Å². The molecule has 3 heterocycles. The summed E-state index contributed by atoms with van der Waals surface area (Å²) < 4.78 is 8.33. The molecule has 2 unspecified atom stereocenters. The summed E-state index contributed by atoms with van der Waals surface area (Å²) in [5.74, 6) is 0.943. The smallest absolute Gasteiger partial charge is 0.255 e. The van der Waals surface area contributed by atoms with Gasteiger partial charge in [0.05, 0.1) is 17.8 Å². The number of piperidine rings is 1. The molecule has 0 spiro atoms. The van der Waals surface area contributed by atoms with Crippen molar-refractivity contribution in [3.63, 3.8) is 0 Å². The van der Waals surface area contributed by atoms with E-state index < -0.39 is 0 Å². The maximum atomic E-state index is 13.3. The second-order valence-corrected chi connectivity index (χ2v) is 10.2. The van der Waals surface area contributed by atoms with Crippen LogP contribution in [0.5, 0.6) is 0 Å². The van der Waals surface area contributed by atoms with Crippen LogP contribution in [-0.4, -0.2) is 65.2 Å². The largest absolute Gasteiger partial charge is 0.373 e. The lowest BCUT2D eigenvalue weighted by molar-refractivity contribution is -0.0728. The summed E-state index contributed by atoms with van der Waals surface area (Å²) in [7, 11) is 0. The Morgan fingerprint density at radius 3 is 2.27 bits per heavy atom. The number of amides is 1. The van der Waals surface area contributed by atoms with E-state index in [1.807, 2.05) is 0 Å². The summed E-state index contributed by atoms with van der Waals surface area (Å²) in [6.45, 7) is 13.7. The lowest BCUT2D eigenvalue weighted by Crippen LogP contribution is -2.48. The molecule has 1 aromatic rings. The van der Waals surface area contributed by atoms with Crippen LogP contribution in [0.2, 0.25) is 0 Å². The molecule has 1 aromatic heterocycles. The topological polar surface area (TPSA) is 37.7 Å². The van der Waals surface area contributed by atoms with Crippen molar-refractivity contribution >= 4 is 5.91 Å². The van der Waals surface area contributed by atoms with E-state index in [0.717, 1.165) is 51.1 Å². The van der Waals surface area contributed by atoms with Crippen LogP contribution >= 0.6 is 0 Å². The molecule has 2 atom stereocenters. The average Bonchev–Trinajstić information content (AvgIpc) is 3.02. The summed E-state index contributed by atoms with van der Waals surface area (Å²) in [6.07, 6.45) is 9.41. The summed E-state index contributed by atoms with van der Waals surface area (Å²) >= 11 is 0. The van der Waals surface area contributed by atoms with Gasteiger partial charge in [-0.3, -0.25) is 9.69 Å². The first-order valence-electron chi connectivity index (χ1n) is 12.3. The number of hydrogen-bond donors (Lipinski definition) is 0. The molecule has 0 radical (unpaired) electrons. The standard InChI is InChI=1S/C25H41N3O2/c1-18-14-24(21(4)28(18)23-8-6-5-7-9-23)25(29)27-12-10-22(11-13-27)17-26-15-19(2)30-20(3)16-26/h14,19-20,22-23H,5-13,15-17H2,1-4H3. The number of ether oxygens (including phenoxy) is 1. The van der Waals surface area contributed by atoms with E-state index in [-0.39, 0.29) is 5.91 Å². The van der Waals surface area contributed by atoms with Crippen molar-refractivity contribution in [2.24, 2.45) is 5.92 Å². The van der Waals surface area contributed by atoms with Crippen molar-refractivity contribution in [3.05, 3.63) is 23.0 Å². The zero-order chi connectivity index (χ0) is 21.3. The van der Waals surface area contributed by atoms with Gasteiger partial charge in [-0.05, 0) is 65.4 Å². The predicted molar refractivity (Wildman–Crippen MR) is 121 cm³/mol. The molecule has 168 valence electrons. The second-order valence-electron chi connectivity index (χ2n) is 10.2. The molecule has 5 heteroatoms. The Labute approximate surface area is 182 Å². The highest BCUT2D eigenvalue weighted by atomic mass is 16.5. The third-order valence-corrected chi connectivity index (χ3v) is 7.57. The highest BCUT2D eigenvalue weighted by Gasteiger charge is 2.30. The van der Waals surface area contributed by atoms with E-state index in [2.05, 4.69) is 48.1 Å². The number of morpholine rings is 1. The number of rotatable bonds is 4. The Morgan fingerprint density at radius 1 is 1.00 bits per heavy atom. The minimum atomic E-state index is 0.247. The molecule has 2 aliphatic heterocycles. The van der Waals surface area contributed by atoms with E-state index >= 15 is 0 Å². The summed E-state index contributed by atoms with van der Waals surface area (Å²) in [5, 5.41) is 0. The number of likely N-dealkylation sites (tertiary alicyclic amines) is 1. The fourth-order valence-corrected chi connectivity index (χ4v) is 6.18. The first kappa shape index (κ1) is 21.9. The van der Waals surface area contributed by atoms with Gasteiger partial charge >= 0.3 is 0 Å². The highest BCUT2D eigenvalue weighted by Crippen LogP contribution is 2.33. The number of carbonyl (C=O) groups is 1. The van der Waals surface area contributed by atoms with Crippen molar-refractivity contribution in [3.8, 4) is 0 Å². The van der Waals surface area contributed by atoms with Crippen LogP contribution in [0, 0.1) is 19.8 Å². The Bertz CT molecular complexity index is 719. The van der Waals surface area contributed by atoms with Gasteiger partial charge in [0, 0.05) is 50.2 Å². The Balaban J connectivity index is 1.34. The van der Waals surface area contributed by atoms with Crippen LogP contribution in [-0.2, 0) is 4.74 Å². The van der Waals surface area contributed by atoms with E-state index in [1.165, 1.54) is 43.5 Å². The van der Waals surface area contributed by atoms with E-state index in [1.54, 1.807) is 0 Å². The van der Waals surface area contributed by atoms with Crippen molar-refractivity contribution in [2.75, 3.05) is 32.7 Å². The summed E-state index contributed by atoms with van der Waals surface area (Å²) in [5.41, 5.74) is 3.38. The number of nitrogens with zero attached hydrogens (tertiary/aromatic N) is 3. The third-order valence-electron chi connectivity index (χ3n) is 7.57. The van der Waals surface area contributed by atoms with Crippen LogP contribution in [0.3, 0.4) is 0 Å². The molecule has 3 fully saturated rings. The molecule has 3 aliphatic rings. The molecule has 1 aliphatic carbocycles. The van der Waals surface area contributed by atoms with Crippen molar-refractivity contribution < 1.29 is 9.53 Å². The molecule has 0 bridgehead atoms. The Kier molecular flexibility index (Phi) is 6.88. The van der Waals surface area contributed by atoms with Gasteiger partial charge in [0.25, 0.3) is 5.91 Å². The normalized spacial score (nSPS) is 27.5. The summed E-state index contributed by atoms with van der Waals surface area (Å²) in [4.78, 5) is 18.0. The Morgan fingerprint density at radius 2 is 1.63 bits per heavy atom. The minimum Gasteiger partial charge on any atom is -0.373 e. The van der Waals surface area contributed by atoms with Crippen molar-refractivity contribution in [2.45, 2.75) is 90.9 Å².